The van der Waals surface area contributed by atoms with E-state index in [1.165, 1.54) is 19.3 Å². The summed E-state index contributed by atoms with van der Waals surface area (Å²) in [6.45, 7) is 13.1. The van der Waals surface area contributed by atoms with Gasteiger partial charge in [0.15, 0.2) is 0 Å². The molecule has 0 unspecified atom stereocenters. The fraction of sp³-hybridized carbons (Fsp3) is 0.929. The van der Waals surface area contributed by atoms with Crippen LogP contribution in [0.2, 0.25) is 0 Å². The molecule has 0 bridgehead atoms. The molecule has 0 aliphatic rings. The normalized spacial score (nSPS) is 11.4. The summed E-state index contributed by atoms with van der Waals surface area (Å²) in [5.41, 5.74) is -0.418. The highest BCUT2D eigenvalue weighted by molar-refractivity contribution is 5.68. The average molecular weight is 258 g/mol. The lowest BCUT2D eigenvalue weighted by molar-refractivity contribution is 0.0262. The van der Waals surface area contributed by atoms with Crippen LogP contribution in [0, 0.1) is 0 Å². The van der Waals surface area contributed by atoms with Crippen LogP contribution >= 0.6 is 0 Å². The van der Waals surface area contributed by atoms with E-state index < -0.39 is 5.60 Å². The molecule has 0 aliphatic carbocycles. The maximum absolute atomic E-state index is 11.8. The fourth-order valence-corrected chi connectivity index (χ4v) is 1.54. The first-order chi connectivity index (χ1) is 8.40. The maximum Gasteiger partial charge on any atom is 0.410 e. The third-order valence-electron chi connectivity index (χ3n) is 2.55. The van der Waals surface area contributed by atoms with Crippen LogP contribution in [0.1, 0.15) is 53.9 Å². The van der Waals surface area contributed by atoms with Crippen LogP contribution in [0.5, 0.6) is 0 Å². The standard InChI is InChI=1S/C14H30N2O2/c1-6-8-9-10-15-11-12-16(7-2)13(17)18-14(3,4)5/h15H,6-12H2,1-5H3. The average Bonchev–Trinajstić information content (AvgIpc) is 2.25. The summed E-state index contributed by atoms with van der Waals surface area (Å²) in [5, 5.41) is 3.35. The number of unbranched alkanes of at least 4 members (excludes halogenated alkanes) is 2. The molecule has 0 rings (SSSR count). The Morgan fingerprint density at radius 1 is 1.17 bits per heavy atom. The lowest BCUT2D eigenvalue weighted by atomic mass is 10.2. The second kappa shape index (κ2) is 9.20. The molecule has 0 saturated carbocycles. The Labute approximate surface area is 112 Å². The van der Waals surface area contributed by atoms with Crippen LogP contribution in [0.4, 0.5) is 4.79 Å². The second-order valence-electron chi connectivity index (χ2n) is 5.52. The summed E-state index contributed by atoms with van der Waals surface area (Å²) < 4.78 is 5.35. The molecule has 0 aromatic rings. The number of hydrogen-bond donors (Lipinski definition) is 1. The van der Waals surface area contributed by atoms with Gasteiger partial charge in [-0.2, -0.15) is 0 Å². The molecule has 0 spiro atoms. The maximum atomic E-state index is 11.8. The summed E-state index contributed by atoms with van der Waals surface area (Å²) in [5.74, 6) is 0. The summed E-state index contributed by atoms with van der Waals surface area (Å²) in [6.07, 6.45) is 3.48. The van der Waals surface area contributed by atoms with Crippen molar-refractivity contribution in [2.75, 3.05) is 26.2 Å². The molecule has 108 valence electrons. The Kier molecular flexibility index (Phi) is 8.81. The third-order valence-corrected chi connectivity index (χ3v) is 2.55. The second-order valence-corrected chi connectivity index (χ2v) is 5.52. The van der Waals surface area contributed by atoms with Crippen LogP contribution in [0.15, 0.2) is 0 Å². The van der Waals surface area contributed by atoms with Gasteiger partial charge in [0.1, 0.15) is 5.60 Å². The zero-order valence-corrected chi connectivity index (χ0v) is 12.7. The first-order valence-corrected chi connectivity index (χ1v) is 7.09. The first kappa shape index (κ1) is 17.2. The number of carbonyl (C=O) groups excluding carboxylic acids is 1. The topological polar surface area (TPSA) is 41.6 Å². The van der Waals surface area contributed by atoms with Crippen molar-refractivity contribution >= 4 is 6.09 Å². The van der Waals surface area contributed by atoms with Gasteiger partial charge in [0, 0.05) is 19.6 Å². The van der Waals surface area contributed by atoms with Gasteiger partial charge in [0.2, 0.25) is 0 Å². The van der Waals surface area contributed by atoms with E-state index >= 15 is 0 Å². The molecule has 1 amide bonds. The minimum Gasteiger partial charge on any atom is -0.444 e. The predicted octanol–water partition coefficient (Wildman–Crippen LogP) is 3.02. The van der Waals surface area contributed by atoms with E-state index in [1.54, 1.807) is 4.90 Å². The summed E-state index contributed by atoms with van der Waals surface area (Å²) in [7, 11) is 0. The highest BCUT2D eigenvalue weighted by atomic mass is 16.6. The van der Waals surface area contributed by atoms with E-state index in [0.29, 0.717) is 13.1 Å². The van der Waals surface area contributed by atoms with Crippen LogP contribution in [-0.4, -0.2) is 42.8 Å². The molecule has 0 heterocycles. The van der Waals surface area contributed by atoms with Crippen LogP contribution in [0.3, 0.4) is 0 Å². The smallest absolute Gasteiger partial charge is 0.410 e. The number of hydrogen-bond acceptors (Lipinski definition) is 3. The fourth-order valence-electron chi connectivity index (χ4n) is 1.54. The number of likely N-dealkylation sites (N-methyl/N-ethyl adjacent to an activating group) is 1. The molecule has 18 heavy (non-hydrogen) atoms. The van der Waals surface area contributed by atoms with Crippen LogP contribution < -0.4 is 5.32 Å². The monoisotopic (exact) mass is 258 g/mol. The van der Waals surface area contributed by atoms with E-state index in [4.69, 9.17) is 4.74 Å². The van der Waals surface area contributed by atoms with Gasteiger partial charge in [0.05, 0.1) is 0 Å². The van der Waals surface area contributed by atoms with Crippen molar-refractivity contribution in [2.45, 2.75) is 59.5 Å². The minimum absolute atomic E-state index is 0.222. The van der Waals surface area contributed by atoms with Crippen molar-refractivity contribution in [3.63, 3.8) is 0 Å². The van der Waals surface area contributed by atoms with Crippen molar-refractivity contribution < 1.29 is 9.53 Å². The van der Waals surface area contributed by atoms with E-state index in [9.17, 15) is 4.79 Å². The predicted molar refractivity (Wildman–Crippen MR) is 75.9 cm³/mol. The zero-order chi connectivity index (χ0) is 14.0. The Morgan fingerprint density at radius 3 is 2.33 bits per heavy atom. The molecule has 0 radical (unpaired) electrons. The molecule has 0 atom stereocenters. The quantitative estimate of drug-likeness (QED) is 0.680. The number of carbonyl (C=O) groups is 1. The Hall–Kier alpha value is -0.770. The Balaban J connectivity index is 3.79. The number of ether oxygens (including phenoxy) is 1. The van der Waals surface area contributed by atoms with Gasteiger partial charge >= 0.3 is 6.09 Å². The van der Waals surface area contributed by atoms with Gasteiger partial charge in [-0.1, -0.05) is 19.8 Å². The molecule has 0 aliphatic heterocycles. The van der Waals surface area contributed by atoms with Crippen molar-refractivity contribution in [1.82, 2.24) is 10.2 Å². The van der Waals surface area contributed by atoms with Crippen molar-refractivity contribution in [1.29, 1.82) is 0 Å². The Bertz CT molecular complexity index is 224. The molecule has 0 saturated heterocycles. The lowest BCUT2D eigenvalue weighted by Gasteiger charge is -2.26. The summed E-state index contributed by atoms with van der Waals surface area (Å²) in [6, 6.07) is 0. The molecule has 0 aromatic heterocycles. The number of nitrogens with one attached hydrogen (secondary N) is 1. The molecule has 0 fully saturated rings. The molecule has 1 N–H and O–H groups in total. The SMILES string of the molecule is CCCCCNCCN(CC)C(=O)OC(C)(C)C. The first-order valence-electron chi connectivity index (χ1n) is 7.09. The van der Waals surface area contributed by atoms with Gasteiger partial charge in [0.25, 0.3) is 0 Å². The number of nitrogens with zero attached hydrogens (tertiary/aromatic N) is 1. The van der Waals surface area contributed by atoms with Crippen molar-refractivity contribution in [2.24, 2.45) is 0 Å². The molecular formula is C14H30N2O2. The number of rotatable bonds is 8. The van der Waals surface area contributed by atoms with Gasteiger partial charge in [-0.25, -0.2) is 4.79 Å². The summed E-state index contributed by atoms with van der Waals surface area (Å²) in [4.78, 5) is 13.6. The number of amides is 1. The highest BCUT2D eigenvalue weighted by Crippen LogP contribution is 2.09. The third kappa shape index (κ3) is 9.28. The Morgan fingerprint density at radius 2 is 1.83 bits per heavy atom. The summed E-state index contributed by atoms with van der Waals surface area (Å²) >= 11 is 0. The van der Waals surface area contributed by atoms with Crippen molar-refractivity contribution in [3.05, 3.63) is 0 Å². The van der Waals surface area contributed by atoms with Gasteiger partial charge in [-0.3, -0.25) is 0 Å². The molecule has 4 heteroatoms. The van der Waals surface area contributed by atoms with Gasteiger partial charge < -0.3 is 15.0 Å². The largest absolute Gasteiger partial charge is 0.444 e. The van der Waals surface area contributed by atoms with Gasteiger partial charge in [-0.15, -0.1) is 0 Å². The minimum atomic E-state index is -0.418. The van der Waals surface area contributed by atoms with E-state index in [2.05, 4.69) is 12.2 Å². The van der Waals surface area contributed by atoms with Gasteiger partial charge in [-0.05, 0) is 40.7 Å². The van der Waals surface area contributed by atoms with Crippen molar-refractivity contribution in [3.8, 4) is 0 Å². The molecular weight excluding hydrogens is 228 g/mol. The van der Waals surface area contributed by atoms with Crippen LogP contribution in [0.25, 0.3) is 0 Å². The molecule has 4 nitrogen and oxygen atoms in total. The molecule has 0 aromatic carbocycles. The van der Waals surface area contributed by atoms with E-state index in [1.807, 2.05) is 27.7 Å². The lowest BCUT2D eigenvalue weighted by Crippen LogP contribution is -2.40. The highest BCUT2D eigenvalue weighted by Gasteiger charge is 2.20. The van der Waals surface area contributed by atoms with E-state index in [0.717, 1.165) is 13.1 Å². The zero-order valence-electron chi connectivity index (χ0n) is 12.7. The van der Waals surface area contributed by atoms with Crippen LogP contribution in [-0.2, 0) is 4.74 Å². The van der Waals surface area contributed by atoms with E-state index in [-0.39, 0.29) is 6.09 Å².